The summed E-state index contributed by atoms with van der Waals surface area (Å²) in [6.45, 7) is 4.06. The SMILES string of the molecule is CCNC(C)CC(=O)NOCC(=O)O. The van der Waals surface area contributed by atoms with Gasteiger partial charge < -0.3 is 10.4 Å². The van der Waals surface area contributed by atoms with E-state index in [-0.39, 0.29) is 18.4 Å². The minimum absolute atomic E-state index is 0.0495. The zero-order chi connectivity index (χ0) is 11.0. The number of carbonyl (C=O) groups is 2. The highest BCUT2D eigenvalue weighted by Gasteiger charge is 2.07. The van der Waals surface area contributed by atoms with E-state index in [1.165, 1.54) is 0 Å². The van der Waals surface area contributed by atoms with Crippen molar-refractivity contribution >= 4 is 11.9 Å². The third kappa shape index (κ3) is 7.51. The minimum Gasteiger partial charge on any atom is -0.479 e. The van der Waals surface area contributed by atoms with Crippen LogP contribution in [0.25, 0.3) is 0 Å². The van der Waals surface area contributed by atoms with Gasteiger partial charge in [0.25, 0.3) is 0 Å². The van der Waals surface area contributed by atoms with Gasteiger partial charge in [0, 0.05) is 12.5 Å². The largest absolute Gasteiger partial charge is 0.479 e. The van der Waals surface area contributed by atoms with Crippen molar-refractivity contribution in [1.29, 1.82) is 0 Å². The molecule has 0 saturated carbocycles. The first-order valence-corrected chi connectivity index (χ1v) is 4.42. The molecule has 0 radical (unpaired) electrons. The summed E-state index contributed by atoms with van der Waals surface area (Å²) in [6.07, 6.45) is 0.257. The third-order valence-corrected chi connectivity index (χ3v) is 1.43. The van der Waals surface area contributed by atoms with Gasteiger partial charge in [-0.25, -0.2) is 10.3 Å². The molecule has 0 aromatic carbocycles. The van der Waals surface area contributed by atoms with Gasteiger partial charge in [-0.3, -0.25) is 9.63 Å². The number of hydrogen-bond donors (Lipinski definition) is 3. The van der Waals surface area contributed by atoms with Crippen LogP contribution in [-0.4, -0.2) is 36.2 Å². The molecule has 1 unspecified atom stereocenters. The molecule has 0 rings (SSSR count). The minimum atomic E-state index is -1.12. The van der Waals surface area contributed by atoms with Crippen LogP contribution in [-0.2, 0) is 14.4 Å². The highest BCUT2D eigenvalue weighted by atomic mass is 16.7. The Hall–Kier alpha value is -1.14. The Labute approximate surface area is 82.6 Å². The van der Waals surface area contributed by atoms with Crippen LogP contribution in [0.1, 0.15) is 20.3 Å². The second-order valence-electron chi connectivity index (χ2n) is 2.87. The Kier molecular flexibility index (Phi) is 6.69. The average molecular weight is 204 g/mol. The van der Waals surface area contributed by atoms with Crippen molar-refractivity contribution in [1.82, 2.24) is 10.8 Å². The van der Waals surface area contributed by atoms with Gasteiger partial charge in [-0.05, 0) is 13.5 Å². The van der Waals surface area contributed by atoms with Crippen molar-refractivity contribution in [2.45, 2.75) is 26.3 Å². The van der Waals surface area contributed by atoms with Gasteiger partial charge in [-0.15, -0.1) is 0 Å². The van der Waals surface area contributed by atoms with E-state index in [1.54, 1.807) is 0 Å². The Morgan fingerprint density at radius 3 is 2.64 bits per heavy atom. The molecule has 0 aromatic rings. The molecule has 3 N–H and O–H groups in total. The Morgan fingerprint density at radius 2 is 2.14 bits per heavy atom. The van der Waals surface area contributed by atoms with Crippen molar-refractivity contribution in [3.05, 3.63) is 0 Å². The summed E-state index contributed by atoms with van der Waals surface area (Å²) >= 11 is 0. The van der Waals surface area contributed by atoms with Crippen molar-refractivity contribution < 1.29 is 19.5 Å². The topological polar surface area (TPSA) is 87.7 Å². The Balaban J connectivity index is 3.50. The molecule has 0 aromatic heterocycles. The molecule has 6 nitrogen and oxygen atoms in total. The summed E-state index contributed by atoms with van der Waals surface area (Å²) in [5.41, 5.74) is 2.04. The fraction of sp³-hybridized carbons (Fsp3) is 0.750. The molecular formula is C8H16N2O4. The van der Waals surface area contributed by atoms with E-state index in [4.69, 9.17) is 5.11 Å². The quantitative estimate of drug-likeness (QED) is 0.487. The van der Waals surface area contributed by atoms with Crippen LogP contribution >= 0.6 is 0 Å². The second kappa shape index (κ2) is 7.28. The van der Waals surface area contributed by atoms with Gasteiger partial charge in [0.15, 0.2) is 6.61 Å². The van der Waals surface area contributed by atoms with Crippen molar-refractivity contribution in [2.24, 2.45) is 0 Å². The lowest BCUT2D eigenvalue weighted by Crippen LogP contribution is -2.34. The molecule has 1 atom stereocenters. The number of nitrogens with one attached hydrogen (secondary N) is 2. The van der Waals surface area contributed by atoms with Gasteiger partial charge in [-0.2, -0.15) is 0 Å². The van der Waals surface area contributed by atoms with Crippen LogP contribution in [0.15, 0.2) is 0 Å². The van der Waals surface area contributed by atoms with E-state index in [0.717, 1.165) is 6.54 Å². The number of carboxylic acids is 1. The smallest absolute Gasteiger partial charge is 0.332 e. The van der Waals surface area contributed by atoms with Crippen LogP contribution in [0, 0.1) is 0 Å². The van der Waals surface area contributed by atoms with Gasteiger partial charge in [0.2, 0.25) is 5.91 Å². The average Bonchev–Trinajstić information content (AvgIpc) is 2.03. The van der Waals surface area contributed by atoms with E-state index < -0.39 is 12.6 Å². The Bertz CT molecular complexity index is 196. The number of carboxylic acid groups (broad SMARTS) is 1. The number of hydrogen-bond acceptors (Lipinski definition) is 4. The molecule has 6 heteroatoms. The number of aliphatic carboxylic acids is 1. The molecule has 0 aliphatic rings. The number of carbonyl (C=O) groups excluding carboxylic acids is 1. The maximum Gasteiger partial charge on any atom is 0.332 e. The third-order valence-electron chi connectivity index (χ3n) is 1.43. The van der Waals surface area contributed by atoms with Crippen LogP contribution in [0.5, 0.6) is 0 Å². The fourth-order valence-electron chi connectivity index (χ4n) is 0.919. The second-order valence-corrected chi connectivity index (χ2v) is 2.87. The molecule has 0 spiro atoms. The molecule has 0 saturated heterocycles. The van der Waals surface area contributed by atoms with Crippen molar-refractivity contribution in [3.63, 3.8) is 0 Å². The fourth-order valence-corrected chi connectivity index (χ4v) is 0.919. The molecule has 0 fully saturated rings. The lowest BCUT2D eigenvalue weighted by Gasteiger charge is -2.11. The molecule has 0 aliphatic heterocycles. The molecule has 82 valence electrons. The van der Waals surface area contributed by atoms with E-state index in [1.807, 2.05) is 19.3 Å². The molecule has 0 aliphatic carbocycles. The first kappa shape index (κ1) is 12.9. The lowest BCUT2D eigenvalue weighted by atomic mass is 10.2. The van der Waals surface area contributed by atoms with Gasteiger partial charge in [0.05, 0.1) is 0 Å². The van der Waals surface area contributed by atoms with E-state index >= 15 is 0 Å². The molecule has 14 heavy (non-hydrogen) atoms. The molecule has 0 heterocycles. The van der Waals surface area contributed by atoms with Gasteiger partial charge in [0.1, 0.15) is 0 Å². The van der Waals surface area contributed by atoms with Crippen LogP contribution in [0.4, 0.5) is 0 Å². The molecule has 0 bridgehead atoms. The molecular weight excluding hydrogens is 188 g/mol. The Morgan fingerprint density at radius 1 is 1.50 bits per heavy atom. The van der Waals surface area contributed by atoms with Crippen molar-refractivity contribution in [3.8, 4) is 0 Å². The molecule has 1 amide bonds. The summed E-state index contributed by atoms with van der Waals surface area (Å²) in [5, 5.41) is 11.2. The lowest BCUT2D eigenvalue weighted by molar-refractivity contribution is -0.149. The first-order chi connectivity index (χ1) is 6.56. The van der Waals surface area contributed by atoms with Crippen LogP contribution in [0.2, 0.25) is 0 Å². The summed E-state index contributed by atoms with van der Waals surface area (Å²) in [7, 11) is 0. The summed E-state index contributed by atoms with van der Waals surface area (Å²) in [5.74, 6) is -1.45. The zero-order valence-corrected chi connectivity index (χ0v) is 8.37. The maximum atomic E-state index is 11.0. The number of amides is 1. The van der Waals surface area contributed by atoms with Crippen LogP contribution < -0.4 is 10.8 Å². The first-order valence-electron chi connectivity index (χ1n) is 4.42. The highest BCUT2D eigenvalue weighted by molar-refractivity contribution is 5.75. The summed E-state index contributed by atoms with van der Waals surface area (Å²) in [4.78, 5) is 25.5. The zero-order valence-electron chi connectivity index (χ0n) is 8.37. The van der Waals surface area contributed by atoms with E-state index in [2.05, 4.69) is 10.2 Å². The number of hydroxylamine groups is 1. The number of rotatable bonds is 7. The highest BCUT2D eigenvalue weighted by Crippen LogP contribution is 1.89. The van der Waals surface area contributed by atoms with Gasteiger partial charge in [-0.1, -0.05) is 6.92 Å². The predicted molar refractivity (Wildman–Crippen MR) is 49.5 cm³/mol. The monoisotopic (exact) mass is 204 g/mol. The van der Waals surface area contributed by atoms with E-state index in [0.29, 0.717) is 0 Å². The van der Waals surface area contributed by atoms with Crippen LogP contribution in [0.3, 0.4) is 0 Å². The van der Waals surface area contributed by atoms with E-state index in [9.17, 15) is 9.59 Å². The standard InChI is InChI=1S/C8H16N2O4/c1-3-9-6(2)4-7(11)10-14-5-8(12)13/h6,9H,3-5H2,1-2H3,(H,10,11)(H,12,13). The summed E-state index contributed by atoms with van der Waals surface area (Å²) in [6, 6.07) is 0.0495. The normalized spacial score (nSPS) is 12.1. The van der Waals surface area contributed by atoms with Gasteiger partial charge >= 0.3 is 5.97 Å². The maximum absolute atomic E-state index is 11.0. The van der Waals surface area contributed by atoms with Crippen molar-refractivity contribution in [2.75, 3.05) is 13.2 Å². The predicted octanol–water partition coefficient (Wildman–Crippen LogP) is -0.493. The summed E-state index contributed by atoms with van der Waals surface area (Å²) < 4.78 is 0.